The molecule has 0 fully saturated rings. The van der Waals surface area contributed by atoms with Gasteiger partial charge >= 0.3 is 0 Å². The lowest BCUT2D eigenvalue weighted by atomic mass is 10.1. The summed E-state index contributed by atoms with van der Waals surface area (Å²) in [5.41, 5.74) is 3.98. The zero-order valence-corrected chi connectivity index (χ0v) is 17.8. The number of fused-ring (bicyclic) bond motifs is 1. The van der Waals surface area contributed by atoms with Crippen LogP contribution in [0.15, 0.2) is 77.4 Å². The predicted octanol–water partition coefficient (Wildman–Crippen LogP) is 4.78. The molecule has 4 aromatic rings. The van der Waals surface area contributed by atoms with Gasteiger partial charge in [0.05, 0.1) is 15.2 Å². The molecule has 0 aliphatic rings. The summed E-state index contributed by atoms with van der Waals surface area (Å²) < 4.78 is 29.6. The molecule has 2 aromatic carbocycles. The fourth-order valence-corrected chi connectivity index (χ4v) is 5.96. The third kappa shape index (κ3) is 4.33. The van der Waals surface area contributed by atoms with Crippen molar-refractivity contribution in [2.24, 2.45) is 0 Å². The number of thiazole rings is 1. The van der Waals surface area contributed by atoms with E-state index >= 15 is 0 Å². The fourth-order valence-electron chi connectivity index (χ4n) is 3.13. The van der Waals surface area contributed by atoms with Crippen LogP contribution in [0.3, 0.4) is 0 Å². The smallest absolute Gasteiger partial charge is 0.247 e. The predicted molar refractivity (Wildman–Crippen MR) is 117 cm³/mol. The monoisotopic (exact) mass is 443 g/mol. The van der Waals surface area contributed by atoms with Gasteiger partial charge in [-0.3, -0.25) is 4.98 Å². The molecule has 0 bridgehead atoms. The Morgan fingerprint density at radius 2 is 1.72 bits per heavy atom. The average Bonchev–Trinajstić information content (AvgIpc) is 3.20. The molecule has 2 heterocycles. The van der Waals surface area contributed by atoms with Crippen molar-refractivity contribution in [3.8, 4) is 0 Å². The van der Waals surface area contributed by atoms with Crippen LogP contribution < -0.4 is 0 Å². The Balaban J connectivity index is 1.74. The van der Waals surface area contributed by atoms with Gasteiger partial charge < -0.3 is 0 Å². The van der Waals surface area contributed by atoms with Crippen LogP contribution in [0.5, 0.6) is 0 Å². The van der Waals surface area contributed by atoms with Gasteiger partial charge in [-0.1, -0.05) is 41.9 Å². The molecular weight excluding hydrogens is 426 g/mol. The Kier molecular flexibility index (Phi) is 5.91. The third-order valence-corrected chi connectivity index (χ3v) is 7.75. The van der Waals surface area contributed by atoms with Gasteiger partial charge in [0.1, 0.15) is 10.4 Å². The molecule has 0 spiro atoms. The molecule has 0 unspecified atom stereocenters. The molecule has 0 atom stereocenters. The molecule has 0 amide bonds. The van der Waals surface area contributed by atoms with Gasteiger partial charge in [-0.15, -0.1) is 11.3 Å². The molecule has 0 N–H and O–H groups in total. The second kappa shape index (κ2) is 8.59. The summed E-state index contributed by atoms with van der Waals surface area (Å²) >= 11 is 7.75. The SMILES string of the molecule is O=S(=O)(c1c(Cl)ccc2scnc12)N(CCc1ccccc1)Cc1ccncc1. The minimum atomic E-state index is -3.87. The third-order valence-electron chi connectivity index (χ3n) is 4.61. The number of halogens is 1. The van der Waals surface area contributed by atoms with Crippen molar-refractivity contribution in [3.05, 3.63) is 88.7 Å². The van der Waals surface area contributed by atoms with Gasteiger partial charge in [0.25, 0.3) is 0 Å². The maximum atomic E-state index is 13.7. The van der Waals surface area contributed by atoms with Crippen LogP contribution in [0.2, 0.25) is 5.02 Å². The summed E-state index contributed by atoms with van der Waals surface area (Å²) in [4.78, 5) is 8.36. The van der Waals surface area contributed by atoms with Crippen molar-refractivity contribution >= 4 is 43.2 Å². The minimum absolute atomic E-state index is 0.0695. The van der Waals surface area contributed by atoms with E-state index in [4.69, 9.17) is 11.6 Å². The molecular formula is C21H18ClN3O2S2. The van der Waals surface area contributed by atoms with Gasteiger partial charge in [-0.05, 0) is 41.8 Å². The van der Waals surface area contributed by atoms with E-state index in [1.807, 2.05) is 42.5 Å². The zero-order valence-electron chi connectivity index (χ0n) is 15.4. The molecule has 0 radical (unpaired) electrons. The molecule has 0 saturated heterocycles. The Labute approximate surface area is 178 Å². The van der Waals surface area contributed by atoms with Gasteiger partial charge in [-0.2, -0.15) is 4.31 Å². The lowest BCUT2D eigenvalue weighted by Crippen LogP contribution is -2.33. The molecule has 0 saturated carbocycles. The van der Waals surface area contributed by atoms with E-state index in [0.717, 1.165) is 15.8 Å². The molecule has 8 heteroatoms. The van der Waals surface area contributed by atoms with Crippen LogP contribution >= 0.6 is 22.9 Å². The zero-order chi connectivity index (χ0) is 20.3. The number of hydrogen-bond acceptors (Lipinski definition) is 5. The highest BCUT2D eigenvalue weighted by atomic mass is 35.5. The van der Waals surface area contributed by atoms with Crippen molar-refractivity contribution < 1.29 is 8.42 Å². The van der Waals surface area contributed by atoms with Crippen molar-refractivity contribution in [2.45, 2.75) is 17.9 Å². The summed E-state index contributed by atoms with van der Waals surface area (Å²) in [6.45, 7) is 0.556. The minimum Gasteiger partial charge on any atom is -0.265 e. The van der Waals surface area contributed by atoms with Crippen LogP contribution in [0, 0.1) is 0 Å². The molecule has 0 aliphatic carbocycles. The summed E-state index contributed by atoms with van der Waals surface area (Å²) in [7, 11) is -3.87. The number of rotatable bonds is 7. The number of sulfonamides is 1. The Morgan fingerprint density at radius 1 is 0.966 bits per heavy atom. The second-order valence-electron chi connectivity index (χ2n) is 6.51. The molecule has 0 aliphatic heterocycles. The van der Waals surface area contributed by atoms with E-state index in [1.54, 1.807) is 30.0 Å². The highest BCUT2D eigenvalue weighted by Crippen LogP contribution is 2.34. The van der Waals surface area contributed by atoms with Crippen molar-refractivity contribution in [1.82, 2.24) is 14.3 Å². The van der Waals surface area contributed by atoms with Crippen molar-refractivity contribution in [1.29, 1.82) is 0 Å². The van der Waals surface area contributed by atoms with E-state index in [-0.39, 0.29) is 16.5 Å². The van der Waals surface area contributed by atoms with Crippen LogP contribution in [-0.2, 0) is 23.0 Å². The highest BCUT2D eigenvalue weighted by molar-refractivity contribution is 7.89. The summed E-state index contributed by atoms with van der Waals surface area (Å²) in [6, 6.07) is 16.9. The maximum absolute atomic E-state index is 13.7. The number of nitrogens with zero attached hydrogens (tertiary/aromatic N) is 3. The summed E-state index contributed by atoms with van der Waals surface area (Å²) in [6.07, 6.45) is 3.91. The average molecular weight is 444 g/mol. The van der Waals surface area contributed by atoms with Crippen molar-refractivity contribution in [3.63, 3.8) is 0 Å². The second-order valence-corrected chi connectivity index (χ2v) is 9.67. The van der Waals surface area contributed by atoms with Crippen LogP contribution in [0.25, 0.3) is 10.2 Å². The lowest BCUT2D eigenvalue weighted by molar-refractivity contribution is 0.410. The number of aromatic nitrogens is 2. The van der Waals surface area contributed by atoms with Crippen LogP contribution in [-0.4, -0.2) is 29.2 Å². The van der Waals surface area contributed by atoms with E-state index in [1.165, 1.54) is 15.6 Å². The first-order chi connectivity index (χ1) is 14.1. The van der Waals surface area contributed by atoms with Crippen LogP contribution in [0.4, 0.5) is 0 Å². The van der Waals surface area contributed by atoms with Gasteiger partial charge in [-0.25, -0.2) is 13.4 Å². The van der Waals surface area contributed by atoms with E-state index < -0.39 is 10.0 Å². The van der Waals surface area contributed by atoms with Gasteiger partial charge in [0.2, 0.25) is 10.0 Å². The summed E-state index contributed by atoms with van der Waals surface area (Å²) in [5, 5.41) is 0.183. The number of pyridine rings is 1. The number of hydrogen-bond donors (Lipinski definition) is 0. The first-order valence-electron chi connectivity index (χ1n) is 9.00. The largest absolute Gasteiger partial charge is 0.265 e. The molecule has 2 aromatic heterocycles. The highest BCUT2D eigenvalue weighted by Gasteiger charge is 2.30. The lowest BCUT2D eigenvalue weighted by Gasteiger charge is -2.23. The van der Waals surface area contributed by atoms with Crippen LogP contribution in [0.1, 0.15) is 11.1 Å². The first-order valence-corrected chi connectivity index (χ1v) is 11.7. The molecule has 5 nitrogen and oxygen atoms in total. The quantitative estimate of drug-likeness (QED) is 0.412. The maximum Gasteiger partial charge on any atom is 0.247 e. The Bertz CT molecular complexity index is 1210. The van der Waals surface area contributed by atoms with E-state index in [0.29, 0.717) is 18.5 Å². The molecule has 4 rings (SSSR count). The van der Waals surface area contributed by atoms with E-state index in [9.17, 15) is 8.42 Å². The fraction of sp³-hybridized carbons (Fsp3) is 0.143. The molecule has 148 valence electrons. The summed E-state index contributed by atoms with van der Waals surface area (Å²) in [5.74, 6) is 0. The van der Waals surface area contributed by atoms with Gasteiger partial charge in [0, 0.05) is 25.5 Å². The Morgan fingerprint density at radius 3 is 2.48 bits per heavy atom. The molecule has 29 heavy (non-hydrogen) atoms. The van der Waals surface area contributed by atoms with Crippen molar-refractivity contribution in [2.75, 3.05) is 6.54 Å². The van der Waals surface area contributed by atoms with E-state index in [2.05, 4.69) is 9.97 Å². The first kappa shape index (κ1) is 20.0. The normalized spacial score (nSPS) is 11.9. The topological polar surface area (TPSA) is 63.2 Å². The van der Waals surface area contributed by atoms with Gasteiger partial charge in [0.15, 0.2) is 0 Å². The number of benzene rings is 2. The Hall–Kier alpha value is -2.32. The standard InChI is InChI=1S/C21H18ClN3O2S2/c22-18-6-7-19-20(24-15-28-19)21(18)29(26,27)25(14-17-8-11-23-12-9-17)13-10-16-4-2-1-3-5-16/h1-9,11-12,15H,10,13-14H2.